The molecule has 0 radical (unpaired) electrons. The second kappa shape index (κ2) is 6.42. The van der Waals surface area contributed by atoms with Gasteiger partial charge in [0.1, 0.15) is 6.10 Å². The summed E-state index contributed by atoms with van der Waals surface area (Å²) in [4.78, 5) is 9.88. The van der Waals surface area contributed by atoms with Crippen molar-refractivity contribution in [2.24, 2.45) is 29.1 Å². The summed E-state index contributed by atoms with van der Waals surface area (Å²) in [5.74, 6) is -3.37. The van der Waals surface area contributed by atoms with Gasteiger partial charge in [-0.1, -0.05) is 32.4 Å². The van der Waals surface area contributed by atoms with Gasteiger partial charge in [0.05, 0.1) is 33.9 Å². The van der Waals surface area contributed by atoms with Crippen LogP contribution in [0.3, 0.4) is 0 Å². The molecule has 6 rings (SSSR count). The van der Waals surface area contributed by atoms with Crippen molar-refractivity contribution in [1.29, 1.82) is 0 Å². The lowest BCUT2D eigenvalue weighted by Gasteiger charge is -2.66. The highest BCUT2D eigenvalue weighted by molar-refractivity contribution is 6.31. The summed E-state index contributed by atoms with van der Waals surface area (Å²) in [5, 5.41) is 47.0. The fourth-order valence-electron chi connectivity index (χ4n) is 8.43. The molecule has 1 heterocycles. The van der Waals surface area contributed by atoms with E-state index in [-0.39, 0.29) is 29.1 Å². The Kier molecular flexibility index (Phi) is 4.26. The molecule has 3 saturated carbocycles. The lowest BCUT2D eigenvalue weighted by Crippen LogP contribution is -2.76. The van der Waals surface area contributed by atoms with Crippen molar-refractivity contribution in [2.75, 3.05) is 0 Å². The number of fused-ring (bicyclic) bond motifs is 6. The minimum atomic E-state index is -2.38. The molecule has 8 atom stereocenters. The van der Waals surface area contributed by atoms with Gasteiger partial charge in [0.2, 0.25) is 5.79 Å². The Morgan fingerprint density at radius 3 is 2.53 bits per heavy atom. The van der Waals surface area contributed by atoms with Crippen LogP contribution in [-0.4, -0.2) is 48.4 Å². The monoisotopic (exact) mass is 458 g/mol. The molecule has 2 aromatic rings. The first-order valence-corrected chi connectivity index (χ1v) is 12.2. The Morgan fingerprint density at radius 1 is 1.03 bits per heavy atom. The van der Waals surface area contributed by atoms with Crippen molar-refractivity contribution >= 4 is 22.6 Å². The molecular weight excluding hydrogens is 428 g/mol. The topological polar surface area (TPSA) is 107 Å². The molecule has 0 amide bonds. The van der Waals surface area contributed by atoms with Crippen LogP contribution in [0.25, 0.3) is 11.0 Å². The summed E-state index contributed by atoms with van der Waals surface area (Å²) >= 11 is 6.23. The maximum atomic E-state index is 11.8. The van der Waals surface area contributed by atoms with Gasteiger partial charge in [-0.05, 0) is 67.1 Å². The maximum Gasteiger partial charge on any atom is 0.201 e. The summed E-state index contributed by atoms with van der Waals surface area (Å²) in [6.45, 7) is 6.17. The van der Waals surface area contributed by atoms with E-state index in [0.717, 1.165) is 30.5 Å². The van der Waals surface area contributed by atoms with Gasteiger partial charge in [-0.15, -0.1) is 0 Å². The molecule has 7 heteroatoms. The molecule has 172 valence electrons. The minimum Gasteiger partial charge on any atom is -0.393 e. The number of hydrogen-bond donors (Lipinski definition) is 4. The fraction of sp³-hybridized carbons (Fsp3) is 0.680. The highest BCUT2D eigenvalue weighted by Crippen LogP contribution is 2.71. The van der Waals surface area contributed by atoms with E-state index in [1.807, 2.05) is 13.0 Å². The summed E-state index contributed by atoms with van der Waals surface area (Å²) in [6.07, 6.45) is 1.01. The largest absolute Gasteiger partial charge is 0.393 e. The highest BCUT2D eigenvalue weighted by Gasteiger charge is 2.77. The molecular formula is C25H31ClN2O4. The zero-order valence-corrected chi connectivity index (χ0v) is 19.4. The number of nitrogens with zero attached hydrogens (tertiary/aromatic N) is 2. The summed E-state index contributed by atoms with van der Waals surface area (Å²) < 4.78 is 0. The van der Waals surface area contributed by atoms with E-state index in [1.54, 1.807) is 12.1 Å². The molecule has 3 fully saturated rings. The lowest BCUT2D eigenvalue weighted by atomic mass is 9.41. The zero-order valence-electron chi connectivity index (χ0n) is 18.7. The first-order chi connectivity index (χ1) is 15.0. The van der Waals surface area contributed by atoms with Crippen molar-refractivity contribution in [3.63, 3.8) is 0 Å². The molecule has 4 N–H and O–H groups in total. The van der Waals surface area contributed by atoms with Crippen LogP contribution in [0.5, 0.6) is 0 Å². The molecule has 6 nitrogen and oxygen atoms in total. The number of aromatic nitrogens is 2. The van der Waals surface area contributed by atoms with E-state index in [4.69, 9.17) is 21.6 Å². The third-order valence-electron chi connectivity index (χ3n) is 9.76. The van der Waals surface area contributed by atoms with Crippen LogP contribution in [0.15, 0.2) is 18.2 Å². The highest BCUT2D eigenvalue weighted by atomic mass is 35.5. The van der Waals surface area contributed by atoms with E-state index in [9.17, 15) is 20.4 Å². The number of aliphatic hydroxyl groups excluding tert-OH is 2. The first-order valence-electron chi connectivity index (χ1n) is 11.8. The van der Waals surface area contributed by atoms with Gasteiger partial charge >= 0.3 is 0 Å². The summed E-state index contributed by atoms with van der Waals surface area (Å²) in [7, 11) is 0. The molecule has 1 aromatic heterocycles. The predicted octanol–water partition coefficient (Wildman–Crippen LogP) is 3.13. The van der Waals surface area contributed by atoms with E-state index in [0.29, 0.717) is 22.7 Å². The fourth-order valence-corrected chi connectivity index (χ4v) is 8.60. The van der Waals surface area contributed by atoms with Crippen molar-refractivity contribution in [1.82, 2.24) is 9.97 Å². The third kappa shape index (κ3) is 2.31. The second-order valence-electron chi connectivity index (χ2n) is 11.4. The Bertz CT molecular complexity index is 1120. The molecule has 4 unspecified atom stereocenters. The number of halogens is 1. The van der Waals surface area contributed by atoms with Gasteiger partial charge in [0, 0.05) is 16.9 Å². The molecule has 4 aliphatic carbocycles. The van der Waals surface area contributed by atoms with Crippen molar-refractivity contribution in [3.8, 4) is 0 Å². The van der Waals surface area contributed by atoms with E-state index in [2.05, 4.69) is 13.8 Å². The number of aliphatic hydroxyl groups is 4. The second-order valence-corrected chi connectivity index (χ2v) is 11.8. The average Bonchev–Trinajstić information content (AvgIpc) is 2.86. The average molecular weight is 459 g/mol. The van der Waals surface area contributed by atoms with Crippen molar-refractivity contribution in [2.45, 2.75) is 75.8 Å². The van der Waals surface area contributed by atoms with E-state index in [1.165, 1.54) is 0 Å². The van der Waals surface area contributed by atoms with Gasteiger partial charge in [0.15, 0.2) is 0 Å². The van der Waals surface area contributed by atoms with Gasteiger partial charge in [-0.25, -0.2) is 9.97 Å². The zero-order chi connectivity index (χ0) is 22.8. The van der Waals surface area contributed by atoms with Crippen LogP contribution in [0.2, 0.25) is 5.02 Å². The Labute approximate surface area is 192 Å². The number of hydrogen-bond acceptors (Lipinski definition) is 6. The summed E-state index contributed by atoms with van der Waals surface area (Å²) in [5.41, 5.74) is 1.22. The van der Waals surface area contributed by atoms with Crippen molar-refractivity contribution < 1.29 is 20.4 Å². The molecule has 4 aliphatic rings. The van der Waals surface area contributed by atoms with Gasteiger partial charge < -0.3 is 20.4 Å². The Balaban J connectivity index is 1.65. The Morgan fingerprint density at radius 2 is 1.78 bits per heavy atom. The van der Waals surface area contributed by atoms with Crippen LogP contribution in [0, 0.1) is 29.1 Å². The van der Waals surface area contributed by atoms with Gasteiger partial charge in [-0.2, -0.15) is 0 Å². The van der Waals surface area contributed by atoms with Gasteiger partial charge in [0.25, 0.3) is 0 Å². The standard InChI is InChI=1S/C25H31ClN2O4/c1-11-13-5-6-14-18-17(29)8-9-23(2,3)19(18)22(30)25(31,32)24(11,14)21-20(13)27-15-7-4-12(26)10-16(15)28-21/h4,7,10-11,13-14,17-19,22,29-32H,5-6,8-9H2,1-3H3/t11?,13-,14?,17+,18?,19?,22+,24+/m1/s1. The molecule has 0 saturated heterocycles. The number of benzene rings is 1. The smallest absolute Gasteiger partial charge is 0.201 e. The SMILES string of the molecule is CC1[C@H]2CCC3C4C([C@H](O)C(O)(O)[C@]31c1nc3cc(Cl)ccc3nc12)C(C)(C)CC[C@@H]4O. The Hall–Kier alpha value is -1.31. The normalized spacial score (nSPS) is 43.4. The molecule has 1 spiro atoms. The quantitative estimate of drug-likeness (QED) is 0.452. The molecule has 0 aliphatic heterocycles. The van der Waals surface area contributed by atoms with Crippen LogP contribution >= 0.6 is 11.6 Å². The summed E-state index contributed by atoms with van der Waals surface area (Å²) in [6, 6.07) is 5.38. The van der Waals surface area contributed by atoms with E-state index >= 15 is 0 Å². The lowest BCUT2D eigenvalue weighted by molar-refractivity contribution is -0.354. The van der Waals surface area contributed by atoms with Crippen LogP contribution in [0.1, 0.15) is 63.8 Å². The molecule has 1 aromatic carbocycles. The maximum absolute atomic E-state index is 11.8. The van der Waals surface area contributed by atoms with Crippen LogP contribution in [-0.2, 0) is 5.41 Å². The van der Waals surface area contributed by atoms with Crippen LogP contribution in [0.4, 0.5) is 0 Å². The molecule has 32 heavy (non-hydrogen) atoms. The van der Waals surface area contributed by atoms with Crippen molar-refractivity contribution in [3.05, 3.63) is 34.6 Å². The number of rotatable bonds is 0. The van der Waals surface area contributed by atoms with Crippen LogP contribution < -0.4 is 0 Å². The predicted molar refractivity (Wildman–Crippen MR) is 120 cm³/mol. The van der Waals surface area contributed by atoms with Gasteiger partial charge in [-0.3, -0.25) is 0 Å². The molecule has 2 bridgehead atoms. The van der Waals surface area contributed by atoms with E-state index < -0.39 is 29.3 Å². The first kappa shape index (κ1) is 21.2. The minimum absolute atomic E-state index is 0.0324. The third-order valence-corrected chi connectivity index (χ3v) is 10.00.